The van der Waals surface area contributed by atoms with Crippen molar-refractivity contribution < 1.29 is 4.74 Å². The second kappa shape index (κ2) is 10.3. The lowest BCUT2D eigenvalue weighted by Crippen LogP contribution is -2.38. The van der Waals surface area contributed by atoms with Crippen molar-refractivity contribution in [3.8, 4) is 5.75 Å². The molecule has 1 aromatic carbocycles. The van der Waals surface area contributed by atoms with E-state index in [2.05, 4.69) is 52.9 Å². The average molecular weight is 399 g/mol. The number of benzene rings is 1. The molecule has 1 saturated carbocycles. The summed E-state index contributed by atoms with van der Waals surface area (Å²) in [5.41, 5.74) is 2.32. The summed E-state index contributed by atoms with van der Waals surface area (Å²) < 4.78 is 8.08. The minimum atomic E-state index is 0.569. The Morgan fingerprint density at radius 3 is 2.76 bits per heavy atom. The van der Waals surface area contributed by atoms with Crippen LogP contribution >= 0.6 is 0 Å². The van der Waals surface area contributed by atoms with Gasteiger partial charge in [0.25, 0.3) is 0 Å². The predicted molar refractivity (Wildman–Crippen MR) is 116 cm³/mol. The molecular weight excluding hydrogens is 364 g/mol. The van der Waals surface area contributed by atoms with Crippen molar-refractivity contribution in [3.05, 3.63) is 41.0 Å². The first-order chi connectivity index (χ1) is 14.1. The van der Waals surface area contributed by atoms with E-state index in [4.69, 9.17) is 9.73 Å². The van der Waals surface area contributed by atoms with Gasteiger partial charge in [-0.1, -0.05) is 25.5 Å². The van der Waals surface area contributed by atoms with Crippen LogP contribution in [0, 0.1) is 19.8 Å². The highest BCUT2D eigenvalue weighted by atomic mass is 16.5. The number of nitrogens with zero attached hydrogens (tertiary/aromatic N) is 4. The highest BCUT2D eigenvalue weighted by molar-refractivity contribution is 5.79. The number of aromatic nitrogens is 3. The van der Waals surface area contributed by atoms with Crippen LogP contribution in [0.3, 0.4) is 0 Å². The number of aryl methyl sites for hydroxylation is 2. The molecule has 1 aromatic heterocycles. The molecule has 3 rings (SSSR count). The lowest BCUT2D eigenvalue weighted by atomic mass is 10.1. The molecule has 0 saturated heterocycles. The van der Waals surface area contributed by atoms with E-state index in [-0.39, 0.29) is 0 Å². The van der Waals surface area contributed by atoms with E-state index in [0.29, 0.717) is 13.1 Å². The minimum absolute atomic E-state index is 0.569. The van der Waals surface area contributed by atoms with Gasteiger partial charge in [0.05, 0.1) is 19.7 Å². The van der Waals surface area contributed by atoms with E-state index in [0.717, 1.165) is 60.8 Å². The van der Waals surface area contributed by atoms with Crippen molar-refractivity contribution in [2.45, 2.75) is 59.5 Å². The van der Waals surface area contributed by atoms with Gasteiger partial charge < -0.3 is 19.9 Å². The molecule has 0 amide bonds. The molecule has 0 aliphatic heterocycles. The number of hydrogen-bond donors (Lipinski definition) is 2. The molecule has 0 atom stereocenters. The fourth-order valence-electron chi connectivity index (χ4n) is 2.91. The molecule has 1 aliphatic rings. The second-order valence-electron chi connectivity index (χ2n) is 7.89. The van der Waals surface area contributed by atoms with E-state index in [1.807, 2.05) is 18.5 Å². The van der Waals surface area contributed by atoms with Gasteiger partial charge in [0, 0.05) is 19.2 Å². The van der Waals surface area contributed by atoms with Gasteiger partial charge in [0.1, 0.15) is 11.6 Å². The highest BCUT2D eigenvalue weighted by Crippen LogP contribution is 2.30. The number of guanidine groups is 1. The zero-order chi connectivity index (χ0) is 20.6. The summed E-state index contributed by atoms with van der Waals surface area (Å²) in [5.74, 6) is 4.26. The van der Waals surface area contributed by atoms with E-state index in [1.54, 1.807) is 0 Å². The average Bonchev–Trinajstić information content (AvgIpc) is 3.49. The Bertz CT molecular complexity index is 825. The van der Waals surface area contributed by atoms with Gasteiger partial charge >= 0.3 is 0 Å². The summed E-state index contributed by atoms with van der Waals surface area (Å²) in [7, 11) is 1.98. The van der Waals surface area contributed by atoms with Crippen LogP contribution in [0.15, 0.2) is 23.2 Å². The summed E-state index contributed by atoms with van der Waals surface area (Å²) in [6.45, 7) is 9.08. The quantitative estimate of drug-likeness (QED) is 0.365. The summed E-state index contributed by atoms with van der Waals surface area (Å²) in [5, 5.41) is 15.1. The molecule has 7 nitrogen and oxygen atoms in total. The van der Waals surface area contributed by atoms with E-state index >= 15 is 0 Å². The Kier molecular flexibility index (Phi) is 7.49. The number of hydrogen-bond acceptors (Lipinski definition) is 4. The normalized spacial score (nSPS) is 14.1. The van der Waals surface area contributed by atoms with Crippen molar-refractivity contribution in [2.75, 3.05) is 13.2 Å². The molecule has 0 radical (unpaired) electrons. The zero-order valence-corrected chi connectivity index (χ0v) is 18.2. The van der Waals surface area contributed by atoms with E-state index in [9.17, 15) is 0 Å². The highest BCUT2D eigenvalue weighted by Gasteiger charge is 2.22. The lowest BCUT2D eigenvalue weighted by molar-refractivity contribution is 0.296. The van der Waals surface area contributed by atoms with Gasteiger partial charge in [-0.3, -0.25) is 0 Å². The second-order valence-corrected chi connectivity index (χ2v) is 7.89. The molecule has 158 valence electrons. The van der Waals surface area contributed by atoms with Gasteiger partial charge in [-0.05, 0) is 50.7 Å². The first kappa shape index (κ1) is 21.1. The maximum absolute atomic E-state index is 6.09. The van der Waals surface area contributed by atoms with Crippen molar-refractivity contribution in [1.82, 2.24) is 25.4 Å². The van der Waals surface area contributed by atoms with Crippen LogP contribution < -0.4 is 15.4 Å². The molecule has 0 spiro atoms. The Balaban J connectivity index is 1.66. The number of ether oxygens (including phenoxy) is 1. The molecule has 2 N–H and O–H groups in total. The summed E-state index contributed by atoms with van der Waals surface area (Å²) >= 11 is 0. The fraction of sp³-hybridized carbons (Fsp3) is 0.591. The number of aliphatic imine (C=N–C) groups is 1. The van der Waals surface area contributed by atoms with Crippen LogP contribution in [0.4, 0.5) is 0 Å². The maximum Gasteiger partial charge on any atom is 0.191 e. The molecule has 7 heteroatoms. The maximum atomic E-state index is 6.09. The molecule has 0 unspecified atom stereocenters. The van der Waals surface area contributed by atoms with E-state index < -0.39 is 0 Å². The molecule has 2 aromatic rings. The summed E-state index contributed by atoms with van der Waals surface area (Å²) in [6, 6.07) is 6.36. The standard InChI is InChI=1S/C22H34N6O/c1-5-6-11-23-22(25-14-21-27-26-17(3)28(21)4)24-13-19-10-7-16(2)12-20(19)29-15-18-8-9-18/h7,10,12,18H,5-6,8-9,11,13-15H2,1-4H3,(H2,23,24,25). The van der Waals surface area contributed by atoms with Gasteiger partial charge in [-0.25, -0.2) is 4.99 Å². The zero-order valence-electron chi connectivity index (χ0n) is 18.2. The molecule has 1 heterocycles. The fourth-order valence-corrected chi connectivity index (χ4v) is 2.91. The van der Waals surface area contributed by atoms with Crippen LogP contribution in [0.25, 0.3) is 0 Å². The topological polar surface area (TPSA) is 76.4 Å². The van der Waals surface area contributed by atoms with Gasteiger partial charge in [-0.15, -0.1) is 10.2 Å². The van der Waals surface area contributed by atoms with Crippen molar-refractivity contribution >= 4 is 5.96 Å². The Morgan fingerprint density at radius 2 is 2.07 bits per heavy atom. The van der Waals surface area contributed by atoms with Crippen LogP contribution in [0.2, 0.25) is 0 Å². The molecule has 1 fully saturated rings. The lowest BCUT2D eigenvalue weighted by Gasteiger charge is -2.14. The summed E-state index contributed by atoms with van der Waals surface area (Å²) in [4.78, 5) is 4.81. The third-order valence-electron chi connectivity index (χ3n) is 5.22. The molecule has 0 bridgehead atoms. The minimum Gasteiger partial charge on any atom is -0.493 e. The van der Waals surface area contributed by atoms with Crippen molar-refractivity contribution in [2.24, 2.45) is 18.0 Å². The Hall–Kier alpha value is -2.57. The smallest absolute Gasteiger partial charge is 0.191 e. The van der Waals surface area contributed by atoms with Crippen LogP contribution in [-0.2, 0) is 20.1 Å². The molecular formula is C22H34N6O. The summed E-state index contributed by atoms with van der Waals surface area (Å²) in [6.07, 6.45) is 4.82. The van der Waals surface area contributed by atoms with Crippen molar-refractivity contribution in [1.29, 1.82) is 0 Å². The van der Waals surface area contributed by atoms with Crippen LogP contribution in [-0.4, -0.2) is 33.9 Å². The Morgan fingerprint density at radius 1 is 1.24 bits per heavy atom. The third kappa shape index (κ3) is 6.48. The number of rotatable bonds is 10. The number of nitrogens with one attached hydrogen (secondary N) is 2. The largest absolute Gasteiger partial charge is 0.493 e. The van der Waals surface area contributed by atoms with E-state index in [1.165, 1.54) is 18.4 Å². The third-order valence-corrected chi connectivity index (χ3v) is 5.22. The monoisotopic (exact) mass is 398 g/mol. The Labute approximate surface area is 174 Å². The van der Waals surface area contributed by atoms with Crippen LogP contribution in [0.5, 0.6) is 5.75 Å². The predicted octanol–water partition coefficient (Wildman–Crippen LogP) is 3.26. The van der Waals surface area contributed by atoms with Gasteiger partial charge in [0.2, 0.25) is 0 Å². The van der Waals surface area contributed by atoms with Crippen LogP contribution in [0.1, 0.15) is 55.4 Å². The van der Waals surface area contributed by atoms with Gasteiger partial charge in [-0.2, -0.15) is 0 Å². The number of unbranched alkanes of at least 4 members (excludes halogenated alkanes) is 1. The van der Waals surface area contributed by atoms with Crippen molar-refractivity contribution in [3.63, 3.8) is 0 Å². The molecule has 1 aliphatic carbocycles. The first-order valence-electron chi connectivity index (χ1n) is 10.7. The van der Waals surface area contributed by atoms with Gasteiger partial charge in [0.15, 0.2) is 11.8 Å². The SMILES string of the molecule is CCCCNC(=NCc1ccc(C)cc1OCC1CC1)NCc1nnc(C)n1C. The molecule has 29 heavy (non-hydrogen) atoms. The first-order valence-corrected chi connectivity index (χ1v) is 10.7.